The van der Waals surface area contributed by atoms with Gasteiger partial charge >= 0.3 is 26.2 Å². The first-order valence-electron chi connectivity index (χ1n) is 4.05. The van der Waals surface area contributed by atoms with Crippen LogP contribution in [0, 0.1) is 12.2 Å². The molecule has 2 aliphatic rings. The zero-order valence-electron chi connectivity index (χ0n) is 8.40. The van der Waals surface area contributed by atoms with Crippen LogP contribution in [0.1, 0.15) is 12.8 Å². The molecule has 0 amide bonds. The number of rotatable bonds is 1. The quantitative estimate of drug-likeness (QED) is 0.641. The second-order valence-electron chi connectivity index (χ2n) is 2.45. The molecule has 0 heterocycles. The van der Waals surface area contributed by atoms with Crippen LogP contribution in [0.5, 0.6) is 0 Å². The molecule has 0 fully saturated rings. The Hall–Kier alpha value is 0.163. The maximum atomic E-state index is 3.59. The minimum atomic E-state index is 0. The summed E-state index contributed by atoms with van der Waals surface area (Å²) in [5, 5.41) is 0. The second kappa shape index (κ2) is 14.2. The van der Waals surface area contributed by atoms with Gasteiger partial charge in [-0.1, -0.05) is 6.42 Å². The Labute approximate surface area is 124 Å². The molecule has 2 rings (SSSR count). The summed E-state index contributed by atoms with van der Waals surface area (Å²) in [7, 11) is 0. The van der Waals surface area contributed by atoms with Crippen molar-refractivity contribution in [1.82, 2.24) is 0 Å². The Morgan fingerprint density at radius 3 is 2.13 bits per heavy atom. The van der Waals surface area contributed by atoms with Gasteiger partial charge in [0.1, 0.15) is 0 Å². The van der Waals surface area contributed by atoms with Crippen molar-refractivity contribution in [1.29, 1.82) is 0 Å². The first-order valence-corrected chi connectivity index (χ1v) is 4.05. The van der Waals surface area contributed by atoms with E-state index in [2.05, 4.69) is 30.9 Å². The third-order valence-corrected chi connectivity index (χ3v) is 1.53. The smallest absolute Gasteiger partial charge is 0.273 e. The predicted molar refractivity (Wildman–Crippen MR) is 66.8 cm³/mol. The molecule has 0 aromatic carbocycles. The normalized spacial score (nSPS) is 13.7. The maximum Gasteiger partial charge on any atom is 2.00 e. The summed E-state index contributed by atoms with van der Waals surface area (Å²) in [5.41, 5.74) is 1.13. The van der Waals surface area contributed by atoms with Crippen LogP contribution in [0.25, 0.3) is 0 Å². The van der Waals surface area contributed by atoms with E-state index in [4.69, 9.17) is 0 Å². The van der Waals surface area contributed by atoms with Gasteiger partial charge < -0.3 is 0 Å². The molecule has 2 aliphatic carbocycles. The summed E-state index contributed by atoms with van der Waals surface area (Å²) in [6.07, 6.45) is 19.9. The second-order valence-corrected chi connectivity index (χ2v) is 2.45. The average molecular weight is 320 g/mol. The molecule has 0 unspecified atom stereocenters. The van der Waals surface area contributed by atoms with Gasteiger partial charge in [-0.15, -0.1) is 37.3 Å². The fourth-order valence-electron chi connectivity index (χ4n) is 0.902. The third-order valence-electron chi connectivity index (χ3n) is 1.53. The fraction of sp³-hybridized carbons (Fsp3) is 0.167. The zero-order valence-corrected chi connectivity index (χ0v) is 12.5. The van der Waals surface area contributed by atoms with E-state index in [1.165, 1.54) is 0 Å². The van der Waals surface area contributed by atoms with Gasteiger partial charge in [0.05, 0.1) is 0 Å². The maximum absolute atomic E-state index is 3.59. The molecule has 0 saturated heterocycles. The molecule has 0 bridgehead atoms. The van der Waals surface area contributed by atoms with Crippen LogP contribution in [0.2, 0.25) is 0 Å². The molecule has 0 aliphatic heterocycles. The summed E-state index contributed by atoms with van der Waals surface area (Å²) < 4.78 is 0. The molecule has 0 N–H and O–H groups in total. The Balaban J connectivity index is -0.000000165. The van der Waals surface area contributed by atoms with Crippen molar-refractivity contribution < 1.29 is 26.2 Å². The number of halogens is 2. The molecule has 15 heavy (non-hydrogen) atoms. The predicted octanol–water partition coefficient (Wildman–Crippen LogP) is 4.01. The van der Waals surface area contributed by atoms with Crippen LogP contribution < -0.4 is 0 Å². The first-order chi connectivity index (χ1) is 5.93. The summed E-state index contributed by atoms with van der Waals surface area (Å²) in [5.74, 6) is 0. The van der Waals surface area contributed by atoms with Crippen LogP contribution >= 0.6 is 24.8 Å². The van der Waals surface area contributed by atoms with Crippen molar-refractivity contribution in [2.24, 2.45) is 0 Å². The Morgan fingerprint density at radius 1 is 1.20 bits per heavy atom. The minimum absolute atomic E-state index is 0. The molecular weight excluding hydrogens is 306 g/mol. The van der Waals surface area contributed by atoms with Crippen molar-refractivity contribution in [2.75, 3.05) is 0 Å². The molecule has 0 aromatic heterocycles. The van der Waals surface area contributed by atoms with E-state index in [0.717, 1.165) is 18.4 Å². The Bertz CT molecular complexity index is 253. The molecule has 0 saturated carbocycles. The van der Waals surface area contributed by atoms with E-state index in [9.17, 15) is 0 Å². The van der Waals surface area contributed by atoms with Gasteiger partial charge in [0.2, 0.25) is 0 Å². The number of hydrogen-bond acceptors (Lipinski definition) is 0. The Morgan fingerprint density at radius 2 is 1.93 bits per heavy atom. The summed E-state index contributed by atoms with van der Waals surface area (Å²) in [6.45, 7) is 3.59. The fourth-order valence-corrected chi connectivity index (χ4v) is 0.902. The number of hydrogen-bond donors (Lipinski definition) is 0. The molecular formula is C12H14Cl2Zr. The van der Waals surface area contributed by atoms with E-state index >= 15 is 0 Å². The topological polar surface area (TPSA) is 0 Å². The van der Waals surface area contributed by atoms with E-state index < -0.39 is 0 Å². The monoisotopic (exact) mass is 318 g/mol. The van der Waals surface area contributed by atoms with Gasteiger partial charge in [-0.3, -0.25) is 6.08 Å². The van der Waals surface area contributed by atoms with E-state index in [0.29, 0.717) is 0 Å². The van der Waals surface area contributed by atoms with Crippen LogP contribution in [-0.4, -0.2) is 0 Å². The van der Waals surface area contributed by atoms with Crippen LogP contribution in [-0.2, 0) is 26.2 Å². The molecule has 0 nitrogen and oxygen atoms in total. The summed E-state index contributed by atoms with van der Waals surface area (Å²) >= 11 is 0. The molecule has 3 heteroatoms. The minimum Gasteiger partial charge on any atom is -0.273 e. The first kappa shape index (κ1) is 20.6. The molecule has 0 spiro atoms. The Kier molecular flexibility index (Phi) is 19.4. The van der Waals surface area contributed by atoms with Crippen molar-refractivity contribution in [3.05, 3.63) is 60.8 Å². The van der Waals surface area contributed by atoms with E-state index in [1.54, 1.807) is 0 Å². The molecule has 0 atom stereocenters. The molecule has 0 aromatic rings. The van der Waals surface area contributed by atoms with Gasteiger partial charge in [0.15, 0.2) is 0 Å². The van der Waals surface area contributed by atoms with Gasteiger partial charge in [-0.25, -0.2) is 12.2 Å². The zero-order chi connectivity index (χ0) is 8.65. The van der Waals surface area contributed by atoms with Gasteiger partial charge in [-0.2, -0.15) is 36.5 Å². The van der Waals surface area contributed by atoms with Gasteiger partial charge in [0, 0.05) is 0 Å². The molecule has 0 radical (unpaired) electrons. The van der Waals surface area contributed by atoms with Crippen molar-refractivity contribution >= 4 is 24.8 Å². The van der Waals surface area contributed by atoms with Crippen LogP contribution in [0.15, 0.2) is 48.6 Å². The average Bonchev–Trinajstić information content (AvgIpc) is 2.81. The summed E-state index contributed by atoms with van der Waals surface area (Å²) in [4.78, 5) is 0. The SMILES string of the molecule is C=CC1=[C-]CC=C1.Cl.Cl.[C-]1=CC=CC1.[Zr+2]. The van der Waals surface area contributed by atoms with Gasteiger partial charge in [-0.05, 0) is 0 Å². The van der Waals surface area contributed by atoms with E-state index in [-0.39, 0.29) is 51.0 Å². The van der Waals surface area contributed by atoms with Crippen LogP contribution in [0.4, 0.5) is 0 Å². The van der Waals surface area contributed by atoms with Gasteiger partial charge in [0.25, 0.3) is 0 Å². The van der Waals surface area contributed by atoms with E-state index in [1.807, 2.05) is 24.3 Å². The van der Waals surface area contributed by atoms with Crippen molar-refractivity contribution in [3.63, 3.8) is 0 Å². The standard InChI is InChI=1S/C7H7.C5H5.2ClH.Zr/c1-2-7-5-3-4-6-7;1-2-4-5-3-1;;;/h2-3,5H,1,4H2;1-3H,4H2;2*1H;/q2*-1;;;+2. The third kappa shape index (κ3) is 10.4. The van der Waals surface area contributed by atoms with Crippen molar-refractivity contribution in [3.8, 4) is 0 Å². The summed E-state index contributed by atoms with van der Waals surface area (Å²) in [6, 6.07) is 0. The van der Waals surface area contributed by atoms with Crippen molar-refractivity contribution in [2.45, 2.75) is 12.8 Å². The van der Waals surface area contributed by atoms with Crippen LogP contribution in [0.3, 0.4) is 0 Å². The number of allylic oxidation sites excluding steroid dienone is 9. The largest absolute Gasteiger partial charge is 2.00 e. The molecule has 80 valence electrons.